The van der Waals surface area contributed by atoms with Gasteiger partial charge in [-0.05, 0) is 31.9 Å². The molecule has 2 aliphatic rings. The van der Waals surface area contributed by atoms with E-state index in [0.717, 1.165) is 11.1 Å². The lowest BCUT2D eigenvalue weighted by molar-refractivity contribution is -0.152. The average Bonchev–Trinajstić information content (AvgIpc) is 2.94. The van der Waals surface area contributed by atoms with Gasteiger partial charge in [0, 0.05) is 39.0 Å². The maximum Gasteiger partial charge on any atom is 0.410 e. The van der Waals surface area contributed by atoms with E-state index in [4.69, 9.17) is 4.74 Å². The third-order valence-corrected chi connectivity index (χ3v) is 5.02. The number of ether oxygens (including phenoxy) is 1. The fourth-order valence-electron chi connectivity index (χ4n) is 3.75. The van der Waals surface area contributed by atoms with Gasteiger partial charge in [0.25, 0.3) is 0 Å². The molecule has 3 rings (SSSR count). The van der Waals surface area contributed by atoms with Crippen LogP contribution in [-0.2, 0) is 22.4 Å². The minimum Gasteiger partial charge on any atom is -0.480 e. The first-order chi connectivity index (χ1) is 11.7. The van der Waals surface area contributed by atoms with Crippen LogP contribution < -0.4 is 0 Å². The second-order valence-electron chi connectivity index (χ2n) is 7.91. The smallest absolute Gasteiger partial charge is 0.410 e. The van der Waals surface area contributed by atoms with Crippen molar-refractivity contribution < 1.29 is 19.4 Å². The molecule has 25 heavy (non-hydrogen) atoms. The molecule has 6 nitrogen and oxygen atoms in total. The molecule has 1 fully saturated rings. The van der Waals surface area contributed by atoms with Crippen LogP contribution in [0.15, 0.2) is 24.3 Å². The molecule has 0 saturated carbocycles. The van der Waals surface area contributed by atoms with Gasteiger partial charge >= 0.3 is 12.1 Å². The molecule has 0 radical (unpaired) electrons. The van der Waals surface area contributed by atoms with E-state index in [0.29, 0.717) is 39.0 Å². The van der Waals surface area contributed by atoms with Crippen molar-refractivity contribution >= 4 is 12.1 Å². The van der Waals surface area contributed by atoms with Crippen LogP contribution in [0.4, 0.5) is 4.79 Å². The predicted molar refractivity (Wildman–Crippen MR) is 93.6 cm³/mol. The van der Waals surface area contributed by atoms with Crippen LogP contribution in [0.5, 0.6) is 0 Å². The third kappa shape index (κ3) is 3.49. The number of carbonyl (C=O) groups excluding carboxylic acids is 1. The largest absolute Gasteiger partial charge is 0.480 e. The summed E-state index contributed by atoms with van der Waals surface area (Å²) in [7, 11) is 0. The summed E-state index contributed by atoms with van der Waals surface area (Å²) >= 11 is 0. The van der Waals surface area contributed by atoms with Gasteiger partial charge in [-0.25, -0.2) is 4.79 Å². The van der Waals surface area contributed by atoms with Crippen LogP contribution in [-0.4, -0.2) is 64.3 Å². The number of carbonyl (C=O) groups is 2. The maximum atomic E-state index is 12.2. The monoisotopic (exact) mass is 346 g/mol. The summed E-state index contributed by atoms with van der Waals surface area (Å²) in [5, 5.41) is 9.97. The lowest BCUT2D eigenvalue weighted by atomic mass is 9.92. The normalized spacial score (nSPS) is 20.2. The standard InChI is InChI=1S/C19H26N2O4/c1-18(2,3)25-17(24)20-8-10-21(11-9-20)19(16(22)23)12-14-6-4-5-7-15(14)13-19/h4-7H,8-13H2,1-3H3,(H,22,23). The molecule has 1 aliphatic carbocycles. The molecule has 0 bridgehead atoms. The second kappa shape index (κ2) is 6.33. The first-order valence-electron chi connectivity index (χ1n) is 8.74. The van der Waals surface area contributed by atoms with E-state index in [-0.39, 0.29) is 6.09 Å². The Labute approximate surface area is 148 Å². The molecule has 0 aromatic heterocycles. The first-order valence-corrected chi connectivity index (χ1v) is 8.74. The van der Waals surface area contributed by atoms with E-state index in [1.165, 1.54) is 0 Å². The van der Waals surface area contributed by atoms with Crippen LogP contribution in [0.2, 0.25) is 0 Å². The number of hydrogen-bond acceptors (Lipinski definition) is 4. The molecular formula is C19H26N2O4. The Morgan fingerprint density at radius 3 is 2.00 bits per heavy atom. The van der Waals surface area contributed by atoms with Crippen molar-refractivity contribution in [2.45, 2.75) is 44.8 Å². The molecule has 1 aromatic carbocycles. The van der Waals surface area contributed by atoms with Crippen LogP contribution in [0, 0.1) is 0 Å². The molecular weight excluding hydrogens is 320 g/mol. The zero-order valence-corrected chi connectivity index (χ0v) is 15.1. The van der Waals surface area contributed by atoms with Gasteiger partial charge in [0.05, 0.1) is 0 Å². The fourth-order valence-corrected chi connectivity index (χ4v) is 3.75. The fraction of sp³-hybridized carbons (Fsp3) is 0.579. The number of rotatable bonds is 2. The molecule has 1 saturated heterocycles. The van der Waals surface area contributed by atoms with Gasteiger partial charge in [-0.15, -0.1) is 0 Å². The Balaban J connectivity index is 1.69. The number of carboxylic acids is 1. The zero-order chi connectivity index (χ0) is 18.2. The second-order valence-corrected chi connectivity index (χ2v) is 7.91. The molecule has 1 aliphatic heterocycles. The van der Waals surface area contributed by atoms with E-state index in [9.17, 15) is 14.7 Å². The van der Waals surface area contributed by atoms with E-state index < -0.39 is 17.1 Å². The highest BCUT2D eigenvalue weighted by molar-refractivity contribution is 5.81. The average molecular weight is 346 g/mol. The quantitative estimate of drug-likeness (QED) is 0.889. The number of aliphatic carboxylic acids is 1. The summed E-state index contributed by atoms with van der Waals surface area (Å²) in [6.07, 6.45) is 0.710. The van der Waals surface area contributed by atoms with Crippen molar-refractivity contribution in [2.75, 3.05) is 26.2 Å². The molecule has 136 valence electrons. The lowest BCUT2D eigenvalue weighted by Crippen LogP contribution is -2.62. The number of benzene rings is 1. The minimum atomic E-state index is -0.899. The number of amides is 1. The van der Waals surface area contributed by atoms with E-state index >= 15 is 0 Å². The Morgan fingerprint density at radius 1 is 1.04 bits per heavy atom. The van der Waals surface area contributed by atoms with Crippen molar-refractivity contribution in [1.82, 2.24) is 9.80 Å². The van der Waals surface area contributed by atoms with Crippen LogP contribution in [0.1, 0.15) is 31.9 Å². The molecule has 1 N–H and O–H groups in total. The van der Waals surface area contributed by atoms with E-state index in [1.807, 2.05) is 49.9 Å². The first kappa shape index (κ1) is 17.7. The molecule has 6 heteroatoms. The van der Waals surface area contributed by atoms with Crippen LogP contribution in [0.25, 0.3) is 0 Å². The van der Waals surface area contributed by atoms with E-state index in [1.54, 1.807) is 4.90 Å². The highest BCUT2D eigenvalue weighted by Gasteiger charge is 2.49. The number of hydrogen-bond donors (Lipinski definition) is 1. The Kier molecular flexibility index (Phi) is 4.49. The minimum absolute atomic E-state index is 0.328. The summed E-state index contributed by atoms with van der Waals surface area (Å²) < 4.78 is 5.41. The number of carboxylic acid groups (broad SMARTS) is 1. The maximum absolute atomic E-state index is 12.2. The van der Waals surface area contributed by atoms with Gasteiger partial charge in [0.2, 0.25) is 0 Å². The van der Waals surface area contributed by atoms with E-state index in [2.05, 4.69) is 0 Å². The highest BCUT2D eigenvalue weighted by Crippen LogP contribution is 2.35. The zero-order valence-electron chi connectivity index (χ0n) is 15.1. The topological polar surface area (TPSA) is 70.1 Å². The van der Waals surface area contributed by atoms with Crippen molar-refractivity contribution in [3.8, 4) is 0 Å². The Hall–Kier alpha value is -2.08. The summed E-state index contributed by atoms with van der Waals surface area (Å²) in [5.41, 5.74) is 0.798. The van der Waals surface area contributed by atoms with Gasteiger partial charge < -0.3 is 14.7 Å². The van der Waals surface area contributed by atoms with Crippen molar-refractivity contribution in [3.63, 3.8) is 0 Å². The van der Waals surface area contributed by atoms with Crippen LogP contribution in [0.3, 0.4) is 0 Å². The Bertz CT molecular complexity index is 647. The number of fused-ring (bicyclic) bond motifs is 1. The van der Waals surface area contributed by atoms with Crippen molar-refractivity contribution in [2.24, 2.45) is 0 Å². The molecule has 0 unspecified atom stereocenters. The van der Waals surface area contributed by atoms with Crippen molar-refractivity contribution in [3.05, 3.63) is 35.4 Å². The molecule has 0 atom stereocenters. The lowest BCUT2D eigenvalue weighted by Gasteiger charge is -2.43. The molecule has 0 spiro atoms. The predicted octanol–water partition coefficient (Wildman–Crippen LogP) is 2.16. The molecule has 1 aromatic rings. The highest BCUT2D eigenvalue weighted by atomic mass is 16.6. The van der Waals surface area contributed by atoms with Gasteiger partial charge in [0.15, 0.2) is 0 Å². The van der Waals surface area contributed by atoms with Gasteiger partial charge in [-0.1, -0.05) is 24.3 Å². The SMILES string of the molecule is CC(C)(C)OC(=O)N1CCN(C2(C(=O)O)Cc3ccccc3C2)CC1. The van der Waals surface area contributed by atoms with Gasteiger partial charge in [-0.2, -0.15) is 0 Å². The third-order valence-electron chi connectivity index (χ3n) is 5.02. The molecule has 1 heterocycles. The van der Waals surface area contributed by atoms with Crippen LogP contribution >= 0.6 is 0 Å². The summed E-state index contributed by atoms with van der Waals surface area (Å²) in [6.45, 7) is 7.59. The van der Waals surface area contributed by atoms with Crippen molar-refractivity contribution in [1.29, 1.82) is 0 Å². The summed E-state index contributed by atoms with van der Waals surface area (Å²) in [6, 6.07) is 7.93. The summed E-state index contributed by atoms with van der Waals surface area (Å²) in [4.78, 5) is 28.0. The van der Waals surface area contributed by atoms with Gasteiger partial charge in [0.1, 0.15) is 11.1 Å². The molecule has 1 amide bonds. The Morgan fingerprint density at radius 2 is 1.56 bits per heavy atom. The number of nitrogens with zero attached hydrogens (tertiary/aromatic N) is 2. The van der Waals surface area contributed by atoms with Gasteiger partial charge in [-0.3, -0.25) is 9.69 Å². The summed E-state index contributed by atoms with van der Waals surface area (Å²) in [5.74, 6) is -0.783. The number of piperazine rings is 1.